The number of carbonyl (C=O) groups is 1. The molecule has 3 aromatic heterocycles. The Kier molecular flexibility index (Phi) is 4.43. The highest BCUT2D eigenvalue weighted by atomic mass is 16.1. The van der Waals surface area contributed by atoms with Gasteiger partial charge in [0.05, 0.1) is 5.69 Å². The third kappa shape index (κ3) is 3.15. The summed E-state index contributed by atoms with van der Waals surface area (Å²) in [5.74, 6) is -0.221. The molecule has 0 bridgehead atoms. The van der Waals surface area contributed by atoms with E-state index in [9.17, 15) is 4.79 Å². The van der Waals surface area contributed by atoms with Gasteiger partial charge in [0.2, 0.25) is 0 Å². The van der Waals surface area contributed by atoms with Crippen LogP contribution < -0.4 is 5.32 Å². The van der Waals surface area contributed by atoms with Crippen molar-refractivity contribution in [3.8, 4) is 11.3 Å². The molecule has 142 valence electrons. The fourth-order valence-electron chi connectivity index (χ4n) is 3.28. The van der Waals surface area contributed by atoms with Crippen LogP contribution in [0.5, 0.6) is 0 Å². The number of nitrogens with one attached hydrogen (secondary N) is 1. The smallest absolute Gasteiger partial charge is 0.271 e. The van der Waals surface area contributed by atoms with E-state index in [0.717, 1.165) is 28.2 Å². The summed E-state index contributed by atoms with van der Waals surface area (Å²) < 4.78 is 3.65. The largest absolute Gasteiger partial charge is 0.346 e. The maximum Gasteiger partial charge on any atom is 0.271 e. The summed E-state index contributed by atoms with van der Waals surface area (Å²) in [5, 5.41) is 7.33. The summed E-state index contributed by atoms with van der Waals surface area (Å²) >= 11 is 0. The number of imidazole rings is 1. The van der Waals surface area contributed by atoms with Crippen molar-refractivity contribution < 1.29 is 4.79 Å². The summed E-state index contributed by atoms with van der Waals surface area (Å²) in [5.41, 5.74) is 6.91. The van der Waals surface area contributed by atoms with Crippen LogP contribution in [0.15, 0.2) is 42.9 Å². The number of rotatable bonds is 4. The summed E-state index contributed by atoms with van der Waals surface area (Å²) in [4.78, 5) is 21.7. The number of amides is 1. The number of aromatic nitrogens is 5. The van der Waals surface area contributed by atoms with Gasteiger partial charge in [-0.1, -0.05) is 29.8 Å². The maximum atomic E-state index is 12.7. The summed E-state index contributed by atoms with van der Waals surface area (Å²) in [7, 11) is 1.90. The van der Waals surface area contributed by atoms with E-state index < -0.39 is 0 Å². The molecule has 7 heteroatoms. The number of hydrogen-bond acceptors (Lipinski definition) is 4. The molecule has 0 radical (unpaired) electrons. The van der Waals surface area contributed by atoms with Gasteiger partial charge in [-0.25, -0.2) is 4.98 Å². The molecule has 1 aromatic carbocycles. The molecule has 1 amide bonds. The highest BCUT2D eigenvalue weighted by Gasteiger charge is 2.16. The van der Waals surface area contributed by atoms with Crippen LogP contribution in [-0.4, -0.2) is 30.1 Å². The van der Waals surface area contributed by atoms with Crippen LogP contribution in [0.25, 0.3) is 16.9 Å². The lowest BCUT2D eigenvalue weighted by atomic mass is 10.1. The lowest BCUT2D eigenvalue weighted by Gasteiger charge is -2.04. The summed E-state index contributed by atoms with van der Waals surface area (Å²) in [6.07, 6.45) is 5.24. The molecular formula is C21H22N6O. The third-order valence-electron chi connectivity index (χ3n) is 5.02. The van der Waals surface area contributed by atoms with Crippen molar-refractivity contribution in [2.24, 2.45) is 7.05 Å². The van der Waals surface area contributed by atoms with Gasteiger partial charge in [0, 0.05) is 49.0 Å². The number of fused-ring (bicyclic) bond motifs is 1. The van der Waals surface area contributed by atoms with Crippen molar-refractivity contribution in [1.82, 2.24) is 29.5 Å². The summed E-state index contributed by atoms with van der Waals surface area (Å²) in [6, 6.07) is 8.10. The van der Waals surface area contributed by atoms with E-state index in [-0.39, 0.29) is 5.91 Å². The zero-order chi connectivity index (χ0) is 19.8. The minimum absolute atomic E-state index is 0.221. The number of hydrogen-bond donors (Lipinski definition) is 1. The van der Waals surface area contributed by atoms with Crippen molar-refractivity contribution >= 4 is 11.6 Å². The van der Waals surface area contributed by atoms with Crippen LogP contribution in [0.4, 0.5) is 0 Å². The second-order valence-electron chi connectivity index (χ2n) is 6.95. The molecule has 1 N–H and O–H groups in total. The first-order valence-corrected chi connectivity index (χ1v) is 9.12. The molecule has 7 nitrogen and oxygen atoms in total. The predicted molar refractivity (Wildman–Crippen MR) is 107 cm³/mol. The number of carbonyl (C=O) groups excluding carboxylic acids is 1. The Morgan fingerprint density at radius 2 is 1.89 bits per heavy atom. The zero-order valence-corrected chi connectivity index (χ0v) is 16.4. The van der Waals surface area contributed by atoms with Gasteiger partial charge in [-0.2, -0.15) is 5.10 Å². The molecule has 0 atom stereocenters. The maximum absolute atomic E-state index is 12.7. The normalized spacial score (nSPS) is 11.1. The number of benzene rings is 1. The van der Waals surface area contributed by atoms with Gasteiger partial charge in [0.25, 0.3) is 5.91 Å². The van der Waals surface area contributed by atoms with Gasteiger partial charge in [-0.05, 0) is 20.8 Å². The Morgan fingerprint density at radius 1 is 1.14 bits per heavy atom. The molecular weight excluding hydrogens is 352 g/mol. The molecule has 0 unspecified atom stereocenters. The van der Waals surface area contributed by atoms with Crippen LogP contribution in [0, 0.1) is 20.8 Å². The van der Waals surface area contributed by atoms with E-state index in [0.29, 0.717) is 17.9 Å². The molecule has 0 saturated carbocycles. The molecule has 0 aliphatic carbocycles. The van der Waals surface area contributed by atoms with Gasteiger partial charge in [-0.15, -0.1) is 0 Å². The number of nitrogens with zero attached hydrogens (tertiary/aromatic N) is 5. The second-order valence-corrected chi connectivity index (χ2v) is 6.95. The number of aryl methyl sites for hydroxylation is 3. The van der Waals surface area contributed by atoms with Crippen LogP contribution in [-0.2, 0) is 13.6 Å². The molecule has 0 aliphatic heterocycles. The Morgan fingerprint density at radius 3 is 2.57 bits per heavy atom. The van der Waals surface area contributed by atoms with E-state index in [1.807, 2.05) is 61.2 Å². The van der Waals surface area contributed by atoms with Crippen molar-refractivity contribution in [3.63, 3.8) is 0 Å². The zero-order valence-electron chi connectivity index (χ0n) is 16.4. The molecule has 0 aliphatic rings. The first kappa shape index (κ1) is 17.9. The van der Waals surface area contributed by atoms with Crippen molar-refractivity contribution in [3.05, 3.63) is 71.1 Å². The van der Waals surface area contributed by atoms with E-state index in [4.69, 9.17) is 0 Å². The first-order chi connectivity index (χ1) is 13.4. The highest BCUT2D eigenvalue weighted by Crippen LogP contribution is 2.22. The fraction of sp³-hybridized carbons (Fsp3) is 0.238. The lowest BCUT2D eigenvalue weighted by molar-refractivity contribution is 0.0946. The quantitative estimate of drug-likeness (QED) is 0.596. The third-order valence-corrected chi connectivity index (χ3v) is 5.02. The molecule has 4 rings (SSSR count). The fourth-order valence-corrected chi connectivity index (χ4v) is 3.28. The molecule has 28 heavy (non-hydrogen) atoms. The molecule has 0 fully saturated rings. The Bertz CT molecular complexity index is 1170. The standard InChI is InChI=1S/C21H22N6O/c1-13-5-7-16(8-6-13)19-20-24-18(12-27(20)10-9-22-19)21(28)23-11-17-14(2)25-26(4)15(17)3/h5-10,12H,11H2,1-4H3,(H,23,28). The lowest BCUT2D eigenvalue weighted by Crippen LogP contribution is -2.23. The molecule has 4 aromatic rings. The van der Waals surface area contributed by atoms with Crippen LogP contribution in [0.1, 0.15) is 33.0 Å². The monoisotopic (exact) mass is 374 g/mol. The van der Waals surface area contributed by atoms with Crippen LogP contribution in [0.3, 0.4) is 0 Å². The van der Waals surface area contributed by atoms with Crippen molar-refractivity contribution in [1.29, 1.82) is 0 Å². The average Bonchev–Trinajstić information content (AvgIpc) is 3.22. The molecule has 0 spiro atoms. The SMILES string of the molecule is Cc1ccc(-c2nccn3cc(C(=O)NCc4c(C)nn(C)c4C)nc23)cc1. The van der Waals surface area contributed by atoms with E-state index in [1.165, 1.54) is 5.56 Å². The first-order valence-electron chi connectivity index (χ1n) is 9.12. The van der Waals surface area contributed by atoms with Gasteiger partial charge in [-0.3, -0.25) is 14.5 Å². The van der Waals surface area contributed by atoms with Crippen LogP contribution in [0.2, 0.25) is 0 Å². The van der Waals surface area contributed by atoms with Gasteiger partial charge < -0.3 is 9.72 Å². The Balaban J connectivity index is 1.61. The molecule has 3 heterocycles. The van der Waals surface area contributed by atoms with Crippen molar-refractivity contribution in [2.45, 2.75) is 27.3 Å². The van der Waals surface area contributed by atoms with Gasteiger partial charge >= 0.3 is 0 Å². The van der Waals surface area contributed by atoms with E-state index in [2.05, 4.69) is 20.4 Å². The highest BCUT2D eigenvalue weighted by molar-refractivity contribution is 5.93. The van der Waals surface area contributed by atoms with Gasteiger partial charge in [0.1, 0.15) is 11.4 Å². The predicted octanol–water partition coefficient (Wildman–Crippen LogP) is 2.99. The minimum atomic E-state index is -0.221. The van der Waals surface area contributed by atoms with Crippen LogP contribution >= 0.6 is 0 Å². The van der Waals surface area contributed by atoms with Crippen molar-refractivity contribution in [2.75, 3.05) is 0 Å². The molecule has 0 saturated heterocycles. The van der Waals surface area contributed by atoms with E-state index in [1.54, 1.807) is 18.6 Å². The average molecular weight is 374 g/mol. The van der Waals surface area contributed by atoms with E-state index >= 15 is 0 Å². The minimum Gasteiger partial charge on any atom is -0.346 e. The summed E-state index contributed by atoms with van der Waals surface area (Å²) in [6.45, 7) is 6.40. The Hall–Kier alpha value is -3.48. The van der Waals surface area contributed by atoms with Gasteiger partial charge in [0.15, 0.2) is 5.65 Å². The topological polar surface area (TPSA) is 77.1 Å². The Labute approximate surface area is 163 Å². The second kappa shape index (κ2) is 6.92.